The lowest BCUT2D eigenvalue weighted by Gasteiger charge is -2.10. The molecule has 1 fully saturated rings. The Morgan fingerprint density at radius 3 is 2.74 bits per heavy atom. The number of aryl methyl sites for hydroxylation is 1. The van der Waals surface area contributed by atoms with E-state index in [1.165, 1.54) is 5.56 Å². The summed E-state index contributed by atoms with van der Waals surface area (Å²) in [5, 5.41) is 7.02. The maximum atomic E-state index is 11.8. The zero-order valence-electron chi connectivity index (χ0n) is 13.6. The van der Waals surface area contributed by atoms with E-state index in [0.29, 0.717) is 30.8 Å². The summed E-state index contributed by atoms with van der Waals surface area (Å²) in [7, 11) is 1.95. The zero-order chi connectivity index (χ0) is 16.2. The SMILES string of the molecule is CCc1ccc(-c2noc(C[NH+](C)CC(=O)NC3CC3)n2)cc1. The average molecular weight is 315 g/mol. The molecule has 1 saturated carbocycles. The van der Waals surface area contributed by atoms with Crippen LogP contribution in [0, 0.1) is 0 Å². The molecule has 3 rings (SSSR count). The summed E-state index contributed by atoms with van der Waals surface area (Å²) in [6.45, 7) is 3.08. The van der Waals surface area contributed by atoms with Crippen LogP contribution in [0.25, 0.3) is 11.4 Å². The van der Waals surface area contributed by atoms with Gasteiger partial charge in [0.1, 0.15) is 0 Å². The molecule has 0 bridgehead atoms. The van der Waals surface area contributed by atoms with Crippen molar-refractivity contribution in [2.75, 3.05) is 13.6 Å². The molecule has 1 atom stereocenters. The number of quaternary nitrogens is 1. The number of aromatic nitrogens is 2. The predicted molar refractivity (Wildman–Crippen MR) is 85.7 cm³/mol. The lowest BCUT2D eigenvalue weighted by molar-refractivity contribution is -0.886. The Balaban J connectivity index is 1.56. The average Bonchev–Trinajstić information content (AvgIpc) is 3.22. The van der Waals surface area contributed by atoms with Crippen molar-refractivity contribution in [1.82, 2.24) is 15.5 Å². The molecule has 0 radical (unpaired) electrons. The highest BCUT2D eigenvalue weighted by atomic mass is 16.5. The van der Waals surface area contributed by atoms with E-state index in [2.05, 4.69) is 34.5 Å². The fraction of sp³-hybridized carbons (Fsp3) is 0.471. The number of carbonyl (C=O) groups excluding carboxylic acids is 1. The number of rotatable bonds is 7. The van der Waals surface area contributed by atoms with E-state index in [9.17, 15) is 4.79 Å². The van der Waals surface area contributed by atoms with Crippen LogP contribution < -0.4 is 10.2 Å². The highest BCUT2D eigenvalue weighted by Gasteiger charge is 2.25. The van der Waals surface area contributed by atoms with E-state index in [1.54, 1.807) is 0 Å². The Morgan fingerprint density at radius 1 is 1.35 bits per heavy atom. The Morgan fingerprint density at radius 2 is 2.09 bits per heavy atom. The summed E-state index contributed by atoms with van der Waals surface area (Å²) >= 11 is 0. The summed E-state index contributed by atoms with van der Waals surface area (Å²) in [5.41, 5.74) is 2.23. The molecule has 2 aromatic rings. The molecule has 1 heterocycles. The third kappa shape index (κ3) is 4.39. The van der Waals surface area contributed by atoms with Crippen molar-refractivity contribution in [3.05, 3.63) is 35.7 Å². The number of nitrogens with zero attached hydrogens (tertiary/aromatic N) is 2. The second-order valence-corrected chi connectivity index (χ2v) is 6.21. The molecule has 1 aliphatic carbocycles. The minimum atomic E-state index is 0.0832. The molecular weight excluding hydrogens is 292 g/mol. The molecule has 2 N–H and O–H groups in total. The van der Waals surface area contributed by atoms with Crippen LogP contribution in [0.3, 0.4) is 0 Å². The first-order valence-electron chi connectivity index (χ1n) is 8.16. The quantitative estimate of drug-likeness (QED) is 0.784. The van der Waals surface area contributed by atoms with Crippen molar-refractivity contribution in [2.24, 2.45) is 0 Å². The number of hydrogen-bond acceptors (Lipinski definition) is 4. The monoisotopic (exact) mass is 315 g/mol. The molecule has 6 nitrogen and oxygen atoms in total. The molecule has 0 saturated heterocycles. The maximum absolute atomic E-state index is 11.8. The van der Waals surface area contributed by atoms with Crippen molar-refractivity contribution in [3.63, 3.8) is 0 Å². The van der Waals surface area contributed by atoms with Crippen LogP contribution in [0.1, 0.15) is 31.2 Å². The summed E-state index contributed by atoms with van der Waals surface area (Å²) in [6, 6.07) is 8.56. The van der Waals surface area contributed by atoms with Gasteiger partial charge in [-0.25, -0.2) is 0 Å². The minimum Gasteiger partial charge on any atom is -0.348 e. The van der Waals surface area contributed by atoms with Crippen LogP contribution >= 0.6 is 0 Å². The van der Waals surface area contributed by atoms with E-state index in [-0.39, 0.29) is 5.91 Å². The van der Waals surface area contributed by atoms with Gasteiger partial charge in [-0.1, -0.05) is 36.3 Å². The summed E-state index contributed by atoms with van der Waals surface area (Å²) in [4.78, 5) is 17.2. The normalized spacial score (nSPS) is 15.4. The van der Waals surface area contributed by atoms with E-state index < -0.39 is 0 Å². The van der Waals surface area contributed by atoms with Gasteiger partial charge in [-0.05, 0) is 24.8 Å². The fourth-order valence-electron chi connectivity index (χ4n) is 2.43. The van der Waals surface area contributed by atoms with Gasteiger partial charge >= 0.3 is 0 Å². The molecule has 1 aromatic carbocycles. The number of amides is 1. The largest absolute Gasteiger partial charge is 0.348 e. The standard InChI is InChI=1S/C17H22N4O2/c1-3-12-4-6-13(7-5-12)17-19-16(23-20-17)11-21(2)10-15(22)18-14-8-9-14/h4-7,14H,3,8-11H2,1-2H3,(H,18,22)/p+1. The summed E-state index contributed by atoms with van der Waals surface area (Å²) < 4.78 is 5.31. The Bertz CT molecular complexity index is 661. The van der Waals surface area contributed by atoms with Crippen LogP contribution in [-0.4, -0.2) is 35.7 Å². The number of hydrogen-bond donors (Lipinski definition) is 2. The molecule has 1 amide bonds. The first-order chi connectivity index (χ1) is 11.1. The molecular formula is C17H23N4O2+. The van der Waals surface area contributed by atoms with Crippen molar-refractivity contribution in [3.8, 4) is 11.4 Å². The van der Waals surface area contributed by atoms with Gasteiger partial charge in [0, 0.05) is 11.6 Å². The Hall–Kier alpha value is -2.21. The Labute approximate surface area is 135 Å². The summed E-state index contributed by atoms with van der Waals surface area (Å²) in [5.74, 6) is 1.23. The van der Waals surface area contributed by atoms with Gasteiger partial charge < -0.3 is 14.7 Å². The molecule has 0 spiro atoms. The first-order valence-corrected chi connectivity index (χ1v) is 8.16. The second kappa shape index (κ2) is 6.91. The minimum absolute atomic E-state index is 0.0832. The van der Waals surface area contributed by atoms with Gasteiger partial charge in [-0.15, -0.1) is 0 Å². The zero-order valence-corrected chi connectivity index (χ0v) is 13.6. The highest BCUT2D eigenvalue weighted by molar-refractivity contribution is 5.77. The van der Waals surface area contributed by atoms with E-state index in [1.807, 2.05) is 19.2 Å². The van der Waals surface area contributed by atoms with Crippen molar-refractivity contribution in [1.29, 1.82) is 0 Å². The maximum Gasteiger partial charge on any atom is 0.282 e. The van der Waals surface area contributed by atoms with Gasteiger partial charge in [0.05, 0.1) is 7.05 Å². The molecule has 1 unspecified atom stereocenters. The molecule has 6 heteroatoms. The third-order valence-electron chi connectivity index (χ3n) is 3.95. The number of carbonyl (C=O) groups is 1. The highest BCUT2D eigenvalue weighted by Crippen LogP contribution is 2.18. The van der Waals surface area contributed by atoms with Crippen LogP contribution in [-0.2, 0) is 17.8 Å². The predicted octanol–water partition coefficient (Wildman–Crippen LogP) is 0.592. The van der Waals surface area contributed by atoms with E-state index >= 15 is 0 Å². The molecule has 122 valence electrons. The second-order valence-electron chi connectivity index (χ2n) is 6.21. The summed E-state index contributed by atoms with van der Waals surface area (Å²) in [6.07, 6.45) is 3.22. The van der Waals surface area contributed by atoms with Crippen molar-refractivity contribution in [2.45, 2.75) is 38.8 Å². The lowest BCUT2D eigenvalue weighted by Crippen LogP contribution is -3.09. The van der Waals surface area contributed by atoms with Gasteiger partial charge in [0.2, 0.25) is 5.82 Å². The molecule has 23 heavy (non-hydrogen) atoms. The number of benzene rings is 1. The van der Waals surface area contributed by atoms with Crippen LogP contribution in [0.4, 0.5) is 0 Å². The first kappa shape index (κ1) is 15.7. The molecule has 1 aromatic heterocycles. The number of likely N-dealkylation sites (N-methyl/N-ethyl adjacent to an activating group) is 1. The van der Waals surface area contributed by atoms with Gasteiger partial charge in [0.15, 0.2) is 13.1 Å². The van der Waals surface area contributed by atoms with Crippen LogP contribution in [0.2, 0.25) is 0 Å². The lowest BCUT2D eigenvalue weighted by atomic mass is 10.1. The van der Waals surface area contributed by atoms with E-state index in [0.717, 1.165) is 29.7 Å². The van der Waals surface area contributed by atoms with Crippen molar-refractivity contribution >= 4 is 5.91 Å². The Kier molecular flexibility index (Phi) is 4.71. The third-order valence-corrected chi connectivity index (χ3v) is 3.95. The van der Waals surface area contributed by atoms with Gasteiger partial charge in [-0.3, -0.25) is 4.79 Å². The smallest absolute Gasteiger partial charge is 0.282 e. The molecule has 0 aliphatic heterocycles. The van der Waals surface area contributed by atoms with Crippen molar-refractivity contribution < 1.29 is 14.2 Å². The fourth-order valence-corrected chi connectivity index (χ4v) is 2.43. The van der Waals surface area contributed by atoms with Crippen LogP contribution in [0.5, 0.6) is 0 Å². The van der Waals surface area contributed by atoms with Gasteiger partial charge in [-0.2, -0.15) is 4.98 Å². The topological polar surface area (TPSA) is 72.5 Å². The molecule has 1 aliphatic rings. The number of nitrogens with one attached hydrogen (secondary N) is 2. The van der Waals surface area contributed by atoms with Gasteiger partial charge in [0.25, 0.3) is 11.8 Å². The van der Waals surface area contributed by atoms with Crippen LogP contribution in [0.15, 0.2) is 28.8 Å². The van der Waals surface area contributed by atoms with E-state index in [4.69, 9.17) is 4.52 Å².